The molecule has 2 fully saturated rings. The molecule has 2 aliphatic heterocycles. The molecule has 0 radical (unpaired) electrons. The zero-order valence-corrected chi connectivity index (χ0v) is 25.6. The van der Waals surface area contributed by atoms with Gasteiger partial charge in [0.25, 0.3) is 5.91 Å². The summed E-state index contributed by atoms with van der Waals surface area (Å²) in [5.41, 5.74) is 7.02. The Balaban J connectivity index is 1.28. The number of ether oxygens (including phenoxy) is 1. The average Bonchev–Trinajstić information content (AvgIpc) is 3.66. The van der Waals surface area contributed by atoms with Gasteiger partial charge in [-0.1, -0.05) is 30.7 Å². The van der Waals surface area contributed by atoms with Crippen LogP contribution in [0.15, 0.2) is 66.6 Å². The third-order valence-electron chi connectivity index (χ3n) is 8.76. The normalized spacial score (nSPS) is 17.9. The summed E-state index contributed by atoms with van der Waals surface area (Å²) >= 11 is 0. The van der Waals surface area contributed by atoms with Gasteiger partial charge in [0.2, 0.25) is 5.70 Å². The number of anilines is 1. The smallest absolute Gasteiger partial charge is 0.252 e. The Morgan fingerprint density at radius 1 is 1.09 bits per heavy atom. The maximum atomic E-state index is 15.6. The van der Waals surface area contributed by atoms with Crippen LogP contribution in [0.2, 0.25) is 0 Å². The fourth-order valence-corrected chi connectivity index (χ4v) is 6.40. The minimum Gasteiger partial charge on any atom is -0.457 e. The van der Waals surface area contributed by atoms with Gasteiger partial charge in [0.15, 0.2) is 5.65 Å². The first kappa shape index (κ1) is 30.2. The molecular weight excluding hydrogens is 571 g/mol. The highest BCUT2D eigenvalue weighted by Crippen LogP contribution is 2.35. The molecule has 4 aromatic rings. The summed E-state index contributed by atoms with van der Waals surface area (Å²) < 4.78 is 23.1. The predicted molar refractivity (Wildman–Crippen MR) is 171 cm³/mol. The molecule has 232 valence electrons. The van der Waals surface area contributed by atoms with Crippen molar-refractivity contribution in [1.82, 2.24) is 29.5 Å². The van der Waals surface area contributed by atoms with Crippen LogP contribution in [-0.2, 0) is 11.3 Å². The average molecular weight is 609 g/mol. The molecule has 0 saturated carbocycles. The number of piperidine rings is 1. The van der Waals surface area contributed by atoms with E-state index in [0.29, 0.717) is 41.3 Å². The number of para-hydroxylation sites is 1. The van der Waals surface area contributed by atoms with Crippen molar-refractivity contribution in [1.29, 1.82) is 0 Å². The second-order valence-electron chi connectivity index (χ2n) is 12.2. The summed E-state index contributed by atoms with van der Waals surface area (Å²) in [6, 6.07) is 13.5. The molecule has 0 aliphatic carbocycles. The molecule has 6 rings (SSSR count). The standard InChI is InChI=1S/C34H37FN8O2/c1-34(2,41-16-8-5-9-17-41)20-28(37-3)33(44)42-18-10-11-23(42)21-43-32-29(31(36)38-22-39-32)30(40-43)26-15-14-25(19-27(26)35)45-24-12-6-4-7-13-24/h4,6-7,12-15,19-20,22-23H,5,8-11,16-18,21H2,1-2H3,(H2,36,38,39). The van der Waals surface area contributed by atoms with Crippen LogP contribution in [0.5, 0.6) is 11.5 Å². The van der Waals surface area contributed by atoms with Crippen molar-refractivity contribution in [3.63, 3.8) is 0 Å². The number of nitrogens with zero attached hydrogens (tertiary/aromatic N) is 7. The number of nitrogens with two attached hydrogens (primary N) is 1. The van der Waals surface area contributed by atoms with Gasteiger partial charge in [-0.2, -0.15) is 5.10 Å². The van der Waals surface area contributed by atoms with Gasteiger partial charge in [-0.25, -0.2) is 23.9 Å². The van der Waals surface area contributed by atoms with Gasteiger partial charge >= 0.3 is 0 Å². The summed E-state index contributed by atoms with van der Waals surface area (Å²) in [7, 11) is 0. The van der Waals surface area contributed by atoms with Gasteiger partial charge in [-0.05, 0) is 76.9 Å². The monoisotopic (exact) mass is 608 g/mol. The van der Waals surface area contributed by atoms with Crippen LogP contribution in [0, 0.1) is 12.4 Å². The van der Waals surface area contributed by atoms with E-state index in [4.69, 9.17) is 22.1 Å². The summed E-state index contributed by atoms with van der Waals surface area (Å²) in [5, 5.41) is 5.21. The van der Waals surface area contributed by atoms with E-state index < -0.39 is 11.4 Å². The molecule has 45 heavy (non-hydrogen) atoms. The van der Waals surface area contributed by atoms with Gasteiger partial charge in [0, 0.05) is 23.7 Å². The fourth-order valence-electron chi connectivity index (χ4n) is 6.40. The van der Waals surface area contributed by atoms with E-state index in [2.05, 4.69) is 33.6 Å². The van der Waals surface area contributed by atoms with E-state index >= 15 is 4.39 Å². The maximum absolute atomic E-state index is 15.6. The number of carbonyl (C=O) groups excluding carboxylic acids is 1. The highest BCUT2D eigenvalue weighted by molar-refractivity contribution is 5.98. The van der Waals surface area contributed by atoms with Crippen molar-refractivity contribution in [2.45, 2.75) is 64.1 Å². The lowest BCUT2D eigenvalue weighted by molar-refractivity contribution is -0.127. The number of halogens is 1. The highest BCUT2D eigenvalue weighted by Gasteiger charge is 2.34. The first-order valence-corrected chi connectivity index (χ1v) is 15.4. The van der Waals surface area contributed by atoms with E-state index in [0.717, 1.165) is 38.8 Å². The lowest BCUT2D eigenvalue weighted by atomic mass is 9.97. The topological polar surface area (TPSA) is 107 Å². The number of nitrogen functional groups attached to an aromatic ring is 1. The van der Waals surface area contributed by atoms with Crippen molar-refractivity contribution in [2.24, 2.45) is 0 Å². The zero-order valence-electron chi connectivity index (χ0n) is 25.6. The van der Waals surface area contributed by atoms with Crippen LogP contribution >= 0.6 is 0 Å². The SMILES string of the molecule is [C-]#[N+]C(=CC(C)(C)N1CCCCC1)C(=O)N1CCCC1Cn1nc(-c2ccc(Oc3ccccc3)cc2F)c2c(N)ncnc21. The maximum Gasteiger partial charge on any atom is 0.252 e. The van der Waals surface area contributed by atoms with Crippen LogP contribution in [-0.4, -0.2) is 66.7 Å². The summed E-state index contributed by atoms with van der Waals surface area (Å²) in [6.45, 7) is 14.8. The van der Waals surface area contributed by atoms with Crippen molar-refractivity contribution in [3.05, 3.63) is 83.9 Å². The third-order valence-corrected chi connectivity index (χ3v) is 8.76. The molecule has 2 N–H and O–H groups in total. The number of amides is 1. The molecule has 0 spiro atoms. The van der Waals surface area contributed by atoms with E-state index in [-0.39, 0.29) is 29.0 Å². The molecule has 11 heteroatoms. The Hall–Kier alpha value is -4.82. The van der Waals surface area contributed by atoms with E-state index in [1.54, 1.807) is 33.8 Å². The van der Waals surface area contributed by atoms with Crippen LogP contribution in [0.25, 0.3) is 27.1 Å². The van der Waals surface area contributed by atoms with Crippen molar-refractivity contribution >= 4 is 22.8 Å². The summed E-state index contributed by atoms with van der Waals surface area (Å²) in [4.78, 5) is 30.2. The molecule has 2 aromatic carbocycles. The molecule has 1 unspecified atom stereocenters. The van der Waals surface area contributed by atoms with Crippen molar-refractivity contribution in [2.75, 3.05) is 25.4 Å². The second kappa shape index (κ2) is 12.7. The van der Waals surface area contributed by atoms with Gasteiger partial charge in [0.05, 0.1) is 24.5 Å². The van der Waals surface area contributed by atoms with Gasteiger partial charge in [-0.3, -0.25) is 9.69 Å². The quantitative estimate of drug-likeness (QED) is 0.191. The Labute approximate surface area is 262 Å². The molecule has 0 bridgehead atoms. The number of hydrogen-bond acceptors (Lipinski definition) is 7. The Morgan fingerprint density at radius 2 is 1.87 bits per heavy atom. The van der Waals surface area contributed by atoms with Crippen LogP contribution < -0.4 is 10.5 Å². The summed E-state index contributed by atoms with van der Waals surface area (Å²) in [5.74, 6) is 0.326. The molecule has 10 nitrogen and oxygen atoms in total. The molecule has 2 aromatic heterocycles. The lowest BCUT2D eigenvalue weighted by Crippen LogP contribution is -2.46. The fraction of sp³-hybridized carbons (Fsp3) is 0.382. The molecule has 1 atom stereocenters. The number of hydrogen-bond donors (Lipinski definition) is 1. The number of rotatable bonds is 8. The first-order chi connectivity index (χ1) is 21.7. The van der Waals surface area contributed by atoms with Gasteiger partial charge in [-0.15, -0.1) is 0 Å². The Kier molecular flexibility index (Phi) is 8.50. The lowest BCUT2D eigenvalue weighted by Gasteiger charge is -2.39. The predicted octanol–water partition coefficient (Wildman–Crippen LogP) is 6.07. The van der Waals surface area contributed by atoms with Crippen LogP contribution in [0.3, 0.4) is 0 Å². The van der Waals surface area contributed by atoms with Crippen molar-refractivity contribution < 1.29 is 13.9 Å². The molecular formula is C34H37FN8O2. The van der Waals surface area contributed by atoms with E-state index in [1.807, 2.05) is 24.3 Å². The van der Waals surface area contributed by atoms with E-state index in [9.17, 15) is 4.79 Å². The van der Waals surface area contributed by atoms with Crippen LogP contribution in [0.4, 0.5) is 10.2 Å². The minimum atomic E-state index is -0.529. The second-order valence-corrected chi connectivity index (χ2v) is 12.2. The molecule has 2 aliphatic rings. The Morgan fingerprint density at radius 3 is 2.60 bits per heavy atom. The van der Waals surface area contributed by atoms with E-state index in [1.165, 1.54) is 18.8 Å². The minimum absolute atomic E-state index is 0.134. The number of aromatic nitrogens is 4. The van der Waals surface area contributed by atoms with Gasteiger partial charge < -0.3 is 15.4 Å². The number of fused-ring (bicyclic) bond motifs is 1. The number of benzene rings is 2. The van der Waals surface area contributed by atoms with Gasteiger partial charge in [0.1, 0.15) is 35.2 Å². The largest absolute Gasteiger partial charge is 0.457 e. The molecule has 4 heterocycles. The Bertz CT molecular complexity index is 1770. The number of carbonyl (C=O) groups is 1. The number of likely N-dealkylation sites (tertiary alicyclic amines) is 2. The zero-order chi connectivity index (χ0) is 31.6. The third kappa shape index (κ3) is 6.24. The highest BCUT2D eigenvalue weighted by atomic mass is 19.1. The first-order valence-electron chi connectivity index (χ1n) is 15.4. The van der Waals surface area contributed by atoms with Crippen LogP contribution in [0.1, 0.15) is 46.0 Å². The molecule has 1 amide bonds. The molecule has 2 saturated heterocycles. The van der Waals surface area contributed by atoms with Crippen molar-refractivity contribution in [3.8, 4) is 22.8 Å². The summed E-state index contributed by atoms with van der Waals surface area (Å²) in [6.07, 6.45) is 8.18.